The molecule has 0 spiro atoms. The highest BCUT2D eigenvalue weighted by Gasteiger charge is 2.11. The van der Waals surface area contributed by atoms with Gasteiger partial charge in [0.1, 0.15) is 4.99 Å². The van der Waals surface area contributed by atoms with Crippen molar-refractivity contribution in [1.82, 2.24) is 4.98 Å². The van der Waals surface area contributed by atoms with Gasteiger partial charge in [-0.05, 0) is 30.3 Å². The molecule has 0 radical (unpaired) electrons. The summed E-state index contributed by atoms with van der Waals surface area (Å²) in [5.74, 6) is 0. The molecule has 0 amide bonds. The molecule has 3 rings (SSSR count). The Labute approximate surface area is 136 Å². The number of para-hydroxylation sites is 1. The van der Waals surface area contributed by atoms with Crippen LogP contribution in [0.25, 0.3) is 10.9 Å². The summed E-state index contributed by atoms with van der Waals surface area (Å²) in [6.45, 7) is 0. The van der Waals surface area contributed by atoms with Crippen LogP contribution in [0.15, 0.2) is 59.2 Å². The Hall–Kier alpha value is -1.98. The first kappa shape index (κ1) is 14.0. The quantitative estimate of drug-likeness (QED) is 0.683. The minimum atomic E-state index is 0.327. The lowest BCUT2D eigenvalue weighted by Gasteiger charge is -2.14. The minimum absolute atomic E-state index is 0.327. The zero-order valence-electron chi connectivity index (χ0n) is 11.0. The van der Waals surface area contributed by atoms with Crippen molar-refractivity contribution in [3.8, 4) is 0 Å². The Balaban J connectivity index is 2.16. The molecule has 0 fully saturated rings. The zero-order valence-corrected chi connectivity index (χ0v) is 13.4. The summed E-state index contributed by atoms with van der Waals surface area (Å²) in [7, 11) is 0. The molecule has 1 heterocycles. The number of anilines is 2. The van der Waals surface area contributed by atoms with E-state index in [1.54, 1.807) is 6.20 Å². The summed E-state index contributed by atoms with van der Waals surface area (Å²) in [6.07, 6.45) is 1.71. The first-order chi connectivity index (χ1) is 10.1. The molecule has 21 heavy (non-hydrogen) atoms. The van der Waals surface area contributed by atoms with Gasteiger partial charge in [0.2, 0.25) is 0 Å². The maximum atomic E-state index is 5.83. The van der Waals surface area contributed by atoms with Crippen molar-refractivity contribution in [3.05, 3.63) is 64.8 Å². The summed E-state index contributed by atoms with van der Waals surface area (Å²) in [5, 5.41) is 4.39. The SMILES string of the molecule is NC(=S)c1cnc2ccccc2c1Nc1ccc(Br)cc1. The van der Waals surface area contributed by atoms with Gasteiger partial charge in [-0.2, -0.15) is 0 Å². The molecule has 0 aliphatic rings. The molecular weight excluding hydrogens is 346 g/mol. The molecule has 0 bridgehead atoms. The van der Waals surface area contributed by atoms with Gasteiger partial charge in [0, 0.05) is 21.7 Å². The third-order valence-corrected chi connectivity index (χ3v) is 3.90. The van der Waals surface area contributed by atoms with Gasteiger partial charge < -0.3 is 11.1 Å². The van der Waals surface area contributed by atoms with E-state index >= 15 is 0 Å². The summed E-state index contributed by atoms with van der Waals surface area (Å²) >= 11 is 8.57. The van der Waals surface area contributed by atoms with Crippen LogP contribution in [-0.2, 0) is 0 Å². The number of hydrogen-bond acceptors (Lipinski definition) is 3. The van der Waals surface area contributed by atoms with E-state index in [-0.39, 0.29) is 0 Å². The van der Waals surface area contributed by atoms with Gasteiger partial charge in [0.05, 0.1) is 16.8 Å². The second kappa shape index (κ2) is 5.79. The van der Waals surface area contributed by atoms with Crippen molar-refractivity contribution >= 4 is 55.4 Å². The van der Waals surface area contributed by atoms with Gasteiger partial charge in [-0.15, -0.1) is 0 Å². The van der Waals surface area contributed by atoms with E-state index in [1.807, 2.05) is 48.5 Å². The van der Waals surface area contributed by atoms with Crippen LogP contribution in [0.4, 0.5) is 11.4 Å². The van der Waals surface area contributed by atoms with Gasteiger partial charge in [0.25, 0.3) is 0 Å². The lowest BCUT2D eigenvalue weighted by atomic mass is 10.1. The Morgan fingerprint density at radius 1 is 1.10 bits per heavy atom. The predicted octanol–water partition coefficient (Wildman–Crippen LogP) is 4.38. The smallest absolute Gasteiger partial charge is 0.107 e. The number of hydrogen-bond donors (Lipinski definition) is 2. The van der Waals surface area contributed by atoms with E-state index in [1.165, 1.54) is 0 Å². The normalized spacial score (nSPS) is 10.5. The topological polar surface area (TPSA) is 50.9 Å². The average molecular weight is 358 g/mol. The van der Waals surface area contributed by atoms with Crippen molar-refractivity contribution in [2.75, 3.05) is 5.32 Å². The number of halogens is 1. The van der Waals surface area contributed by atoms with E-state index in [2.05, 4.69) is 26.2 Å². The third kappa shape index (κ3) is 2.89. The van der Waals surface area contributed by atoms with Crippen LogP contribution >= 0.6 is 28.1 Å². The van der Waals surface area contributed by atoms with E-state index < -0.39 is 0 Å². The van der Waals surface area contributed by atoms with Crippen molar-refractivity contribution in [2.24, 2.45) is 5.73 Å². The number of benzene rings is 2. The largest absolute Gasteiger partial charge is 0.389 e. The maximum Gasteiger partial charge on any atom is 0.107 e. The molecule has 2 aromatic carbocycles. The van der Waals surface area contributed by atoms with Crippen LogP contribution in [0.1, 0.15) is 5.56 Å². The standard InChI is InChI=1S/C16H12BrN3S/c17-10-5-7-11(8-6-10)20-15-12-3-1-2-4-14(12)19-9-13(15)16(18)21/h1-9H,(H2,18,21)(H,19,20). The summed E-state index contributed by atoms with van der Waals surface area (Å²) in [5.41, 5.74) is 9.32. The van der Waals surface area contributed by atoms with Gasteiger partial charge in [-0.1, -0.05) is 46.3 Å². The molecule has 3 nitrogen and oxygen atoms in total. The highest BCUT2D eigenvalue weighted by atomic mass is 79.9. The number of thiocarbonyl (C=S) groups is 1. The number of aromatic nitrogens is 1. The number of nitrogens with zero attached hydrogens (tertiary/aromatic N) is 1. The fourth-order valence-electron chi connectivity index (χ4n) is 2.14. The maximum absolute atomic E-state index is 5.83. The fourth-order valence-corrected chi connectivity index (χ4v) is 2.56. The molecular formula is C16H12BrN3S. The molecule has 0 saturated heterocycles. The molecule has 0 unspecified atom stereocenters. The van der Waals surface area contributed by atoms with Gasteiger partial charge in [0.15, 0.2) is 0 Å². The number of pyridine rings is 1. The zero-order chi connectivity index (χ0) is 14.8. The highest BCUT2D eigenvalue weighted by molar-refractivity contribution is 9.10. The molecule has 1 aromatic heterocycles. The number of nitrogens with one attached hydrogen (secondary N) is 1. The van der Waals surface area contributed by atoms with Crippen LogP contribution in [0.5, 0.6) is 0 Å². The molecule has 3 aromatic rings. The van der Waals surface area contributed by atoms with Crippen molar-refractivity contribution in [3.63, 3.8) is 0 Å². The lowest BCUT2D eigenvalue weighted by Crippen LogP contribution is -2.12. The van der Waals surface area contributed by atoms with Crippen molar-refractivity contribution in [2.45, 2.75) is 0 Å². The highest BCUT2D eigenvalue weighted by Crippen LogP contribution is 2.29. The predicted molar refractivity (Wildman–Crippen MR) is 95.1 cm³/mol. The van der Waals surface area contributed by atoms with E-state index in [9.17, 15) is 0 Å². The Morgan fingerprint density at radius 2 is 1.81 bits per heavy atom. The van der Waals surface area contributed by atoms with Gasteiger partial charge >= 0.3 is 0 Å². The first-order valence-electron chi connectivity index (χ1n) is 6.35. The number of fused-ring (bicyclic) bond motifs is 1. The number of rotatable bonds is 3. The summed E-state index contributed by atoms with van der Waals surface area (Å²) in [4.78, 5) is 4.73. The average Bonchev–Trinajstić information content (AvgIpc) is 2.49. The fraction of sp³-hybridized carbons (Fsp3) is 0. The van der Waals surface area contributed by atoms with Gasteiger partial charge in [-0.25, -0.2) is 0 Å². The molecule has 0 aliphatic carbocycles. The second-order valence-corrected chi connectivity index (χ2v) is 5.92. The van der Waals surface area contributed by atoms with E-state index in [0.717, 1.165) is 32.3 Å². The van der Waals surface area contributed by atoms with E-state index in [4.69, 9.17) is 18.0 Å². The Bertz CT molecular complexity index is 815. The molecule has 3 N–H and O–H groups in total. The molecule has 0 aliphatic heterocycles. The van der Waals surface area contributed by atoms with Crippen molar-refractivity contribution < 1.29 is 0 Å². The molecule has 104 valence electrons. The lowest BCUT2D eigenvalue weighted by molar-refractivity contribution is 1.38. The molecule has 5 heteroatoms. The van der Waals surface area contributed by atoms with Gasteiger partial charge in [-0.3, -0.25) is 4.98 Å². The second-order valence-electron chi connectivity index (χ2n) is 4.56. The Morgan fingerprint density at radius 3 is 2.52 bits per heavy atom. The van der Waals surface area contributed by atoms with Crippen LogP contribution < -0.4 is 11.1 Å². The minimum Gasteiger partial charge on any atom is -0.389 e. The molecule has 0 atom stereocenters. The Kier molecular flexibility index (Phi) is 3.86. The van der Waals surface area contributed by atoms with Crippen molar-refractivity contribution in [1.29, 1.82) is 0 Å². The summed E-state index contributed by atoms with van der Waals surface area (Å²) < 4.78 is 1.03. The van der Waals surface area contributed by atoms with Crippen LogP contribution in [-0.4, -0.2) is 9.97 Å². The first-order valence-corrected chi connectivity index (χ1v) is 7.55. The number of nitrogens with two attached hydrogens (primary N) is 1. The third-order valence-electron chi connectivity index (χ3n) is 3.15. The molecule has 0 saturated carbocycles. The monoisotopic (exact) mass is 357 g/mol. The van der Waals surface area contributed by atoms with Crippen LogP contribution in [0.2, 0.25) is 0 Å². The summed E-state index contributed by atoms with van der Waals surface area (Å²) in [6, 6.07) is 15.8. The van der Waals surface area contributed by atoms with Crippen LogP contribution in [0, 0.1) is 0 Å². The van der Waals surface area contributed by atoms with Crippen LogP contribution in [0.3, 0.4) is 0 Å². The van der Waals surface area contributed by atoms with E-state index in [0.29, 0.717) is 4.99 Å².